The number of thioether (sulfide) groups is 2. The third-order valence-corrected chi connectivity index (χ3v) is 9.20. The summed E-state index contributed by atoms with van der Waals surface area (Å²) in [7, 11) is 0. The van der Waals surface area contributed by atoms with Crippen LogP contribution < -0.4 is 0 Å². The molecule has 3 nitrogen and oxygen atoms in total. The molecule has 2 unspecified atom stereocenters. The average Bonchev–Trinajstić information content (AvgIpc) is 2.84. The Morgan fingerprint density at radius 1 is 0.846 bits per heavy atom. The van der Waals surface area contributed by atoms with Crippen molar-refractivity contribution in [2.24, 2.45) is 5.92 Å². The van der Waals surface area contributed by atoms with E-state index in [-0.39, 0.29) is 28.8 Å². The van der Waals surface area contributed by atoms with Crippen molar-refractivity contribution in [2.45, 2.75) is 143 Å². The first kappa shape index (κ1) is 36.2. The molecule has 0 spiro atoms. The zero-order valence-corrected chi connectivity index (χ0v) is 28.4. The van der Waals surface area contributed by atoms with Crippen LogP contribution in [0.25, 0.3) is 0 Å². The summed E-state index contributed by atoms with van der Waals surface area (Å²) in [5.74, 6) is 2.90. The zero-order valence-electron chi connectivity index (χ0n) is 26.8. The van der Waals surface area contributed by atoms with Crippen LogP contribution in [0.15, 0.2) is 12.1 Å². The van der Waals surface area contributed by atoms with Gasteiger partial charge in [0, 0.05) is 11.5 Å². The van der Waals surface area contributed by atoms with Crippen molar-refractivity contribution in [1.82, 2.24) is 0 Å². The van der Waals surface area contributed by atoms with Gasteiger partial charge in [-0.05, 0) is 52.4 Å². The summed E-state index contributed by atoms with van der Waals surface area (Å²) in [5.41, 5.74) is 2.60. The Morgan fingerprint density at radius 2 is 1.33 bits per heavy atom. The molecule has 0 saturated carbocycles. The summed E-state index contributed by atoms with van der Waals surface area (Å²) >= 11 is 3.67. The largest absolute Gasteiger partial charge is 0.507 e. The van der Waals surface area contributed by atoms with Gasteiger partial charge in [0.05, 0.1) is 5.92 Å². The van der Waals surface area contributed by atoms with E-state index in [1.54, 1.807) is 11.8 Å². The molecule has 1 aromatic carbocycles. The number of carbonyl (C=O) groups is 1. The van der Waals surface area contributed by atoms with Crippen LogP contribution in [0.4, 0.5) is 0 Å². The maximum absolute atomic E-state index is 13.1. The molecule has 0 saturated heterocycles. The lowest BCUT2D eigenvalue weighted by Crippen LogP contribution is -2.28. The first-order chi connectivity index (χ1) is 18.3. The fourth-order valence-corrected chi connectivity index (χ4v) is 6.61. The molecule has 0 aliphatic heterocycles. The lowest BCUT2D eigenvalue weighted by atomic mass is 9.77. The van der Waals surface area contributed by atoms with E-state index >= 15 is 0 Å². The molecule has 1 N–H and O–H groups in total. The molecule has 0 radical (unpaired) electrons. The summed E-state index contributed by atoms with van der Waals surface area (Å²) < 4.78 is 6.01. The molecule has 0 amide bonds. The number of ether oxygens (including phenoxy) is 1. The van der Waals surface area contributed by atoms with Crippen molar-refractivity contribution in [3.8, 4) is 5.75 Å². The summed E-state index contributed by atoms with van der Waals surface area (Å²) in [6.07, 6.45) is 16.2. The second kappa shape index (κ2) is 18.6. The topological polar surface area (TPSA) is 46.5 Å². The summed E-state index contributed by atoms with van der Waals surface area (Å²) in [4.78, 5) is 13.1. The van der Waals surface area contributed by atoms with E-state index in [0.717, 1.165) is 33.9 Å². The molecule has 0 aliphatic rings. The number of phenols is 1. The van der Waals surface area contributed by atoms with Crippen LogP contribution in [0, 0.1) is 5.92 Å². The van der Waals surface area contributed by atoms with Crippen molar-refractivity contribution >= 4 is 29.5 Å². The van der Waals surface area contributed by atoms with Gasteiger partial charge >= 0.3 is 5.97 Å². The zero-order chi connectivity index (χ0) is 29.5. The quantitative estimate of drug-likeness (QED) is 0.130. The number of esters is 1. The molecule has 39 heavy (non-hydrogen) atoms. The van der Waals surface area contributed by atoms with Crippen molar-refractivity contribution in [1.29, 1.82) is 0 Å². The minimum atomic E-state index is -0.230. The van der Waals surface area contributed by atoms with Crippen LogP contribution >= 0.6 is 23.5 Å². The molecule has 0 aromatic heterocycles. The van der Waals surface area contributed by atoms with Crippen LogP contribution in [0.2, 0.25) is 0 Å². The Morgan fingerprint density at radius 3 is 1.79 bits per heavy atom. The first-order valence-corrected chi connectivity index (χ1v) is 18.0. The monoisotopic (exact) mass is 580 g/mol. The van der Waals surface area contributed by atoms with Crippen LogP contribution in [0.5, 0.6) is 5.75 Å². The van der Waals surface area contributed by atoms with Gasteiger partial charge in [-0.25, -0.2) is 0 Å². The maximum atomic E-state index is 13.1. The molecule has 1 aromatic rings. The molecular weight excluding hydrogens is 521 g/mol. The predicted octanol–water partition coefficient (Wildman–Crippen LogP) is 10.1. The first-order valence-electron chi connectivity index (χ1n) is 15.4. The number of carbonyl (C=O) groups excluding carboxylic acids is 1. The van der Waals surface area contributed by atoms with E-state index in [2.05, 4.69) is 66.9 Å². The third kappa shape index (κ3) is 14.6. The highest BCUT2D eigenvalue weighted by atomic mass is 32.2. The van der Waals surface area contributed by atoms with Crippen molar-refractivity contribution < 1.29 is 14.6 Å². The highest BCUT2D eigenvalue weighted by Crippen LogP contribution is 2.40. The van der Waals surface area contributed by atoms with Gasteiger partial charge in [-0.3, -0.25) is 4.79 Å². The van der Waals surface area contributed by atoms with Crippen molar-refractivity contribution in [3.63, 3.8) is 0 Å². The average molecular weight is 581 g/mol. The highest BCUT2D eigenvalue weighted by Gasteiger charge is 2.28. The lowest BCUT2D eigenvalue weighted by molar-refractivity contribution is -0.151. The van der Waals surface area contributed by atoms with E-state index in [1.807, 2.05) is 18.7 Å². The van der Waals surface area contributed by atoms with E-state index in [0.29, 0.717) is 12.2 Å². The van der Waals surface area contributed by atoms with E-state index < -0.39 is 0 Å². The standard InChI is InChI=1S/C34H60O3S2/c1-10-11-12-13-14-15-16-17-18-19-20-39-25-28(24-38-9)37-32(36)26(2)21-27-22-29(33(3,4)5)31(35)30(23-27)34(6,7)8/h22-23,26,28,35H,10-21,24-25H2,1-9H3. The van der Waals surface area contributed by atoms with Crippen LogP contribution in [0.1, 0.15) is 136 Å². The Balaban J connectivity index is 2.55. The van der Waals surface area contributed by atoms with Crippen LogP contribution in [-0.2, 0) is 26.8 Å². The number of rotatable bonds is 19. The second-order valence-electron chi connectivity index (χ2n) is 13.4. The normalized spacial score (nSPS) is 13.9. The summed E-state index contributed by atoms with van der Waals surface area (Å²) in [6, 6.07) is 4.16. The van der Waals surface area contributed by atoms with Gasteiger partial charge in [-0.15, -0.1) is 0 Å². The third-order valence-electron chi connectivity index (χ3n) is 7.31. The maximum Gasteiger partial charge on any atom is 0.309 e. The van der Waals surface area contributed by atoms with Gasteiger partial charge in [-0.1, -0.05) is 125 Å². The van der Waals surface area contributed by atoms with Crippen molar-refractivity contribution in [3.05, 3.63) is 28.8 Å². The Kier molecular flexibility index (Phi) is 17.3. The Bertz CT molecular complexity index is 788. The predicted molar refractivity (Wildman–Crippen MR) is 176 cm³/mol. The highest BCUT2D eigenvalue weighted by molar-refractivity contribution is 7.99. The van der Waals surface area contributed by atoms with Crippen LogP contribution in [-0.4, -0.2) is 40.7 Å². The molecule has 0 aliphatic carbocycles. The smallest absolute Gasteiger partial charge is 0.309 e. The molecule has 1 rings (SSSR count). The van der Waals surface area contributed by atoms with E-state index in [4.69, 9.17) is 4.74 Å². The Labute approximate surface area is 250 Å². The molecule has 5 heteroatoms. The number of hydrogen-bond acceptors (Lipinski definition) is 5. The van der Waals surface area contributed by atoms with Crippen LogP contribution in [0.3, 0.4) is 0 Å². The fraction of sp³-hybridized carbons (Fsp3) is 0.794. The number of phenolic OH excluding ortho intramolecular Hbond substituents is 1. The number of hydrogen-bond donors (Lipinski definition) is 1. The summed E-state index contributed by atoms with van der Waals surface area (Å²) in [6.45, 7) is 17.0. The van der Waals surface area contributed by atoms with Gasteiger partial charge in [0.1, 0.15) is 11.9 Å². The van der Waals surface area contributed by atoms with Gasteiger partial charge in [0.15, 0.2) is 0 Å². The molecular formula is C34H60O3S2. The lowest BCUT2D eigenvalue weighted by Gasteiger charge is -2.28. The number of aromatic hydroxyl groups is 1. The molecule has 0 heterocycles. The molecule has 0 bridgehead atoms. The minimum absolute atomic E-state index is 0.0434. The van der Waals surface area contributed by atoms with E-state index in [1.165, 1.54) is 64.2 Å². The van der Waals surface area contributed by atoms with Gasteiger partial charge < -0.3 is 9.84 Å². The Hall–Kier alpha value is -0.810. The fourth-order valence-electron chi connectivity index (χ4n) is 4.88. The second-order valence-corrected chi connectivity index (χ2v) is 15.5. The summed E-state index contributed by atoms with van der Waals surface area (Å²) in [5, 5.41) is 11.0. The molecule has 2 atom stereocenters. The van der Waals surface area contributed by atoms with Gasteiger partial charge in [0.2, 0.25) is 0 Å². The molecule has 226 valence electrons. The van der Waals surface area contributed by atoms with E-state index in [9.17, 15) is 9.90 Å². The van der Waals surface area contributed by atoms with Gasteiger partial charge in [0.25, 0.3) is 0 Å². The number of benzene rings is 1. The minimum Gasteiger partial charge on any atom is -0.507 e. The van der Waals surface area contributed by atoms with Crippen molar-refractivity contribution in [2.75, 3.05) is 23.5 Å². The SMILES string of the molecule is CCCCCCCCCCCCSCC(CSC)OC(=O)C(C)Cc1cc(C(C)(C)C)c(O)c(C(C)(C)C)c1. The molecule has 0 fully saturated rings. The number of unbranched alkanes of at least 4 members (excludes halogenated alkanes) is 9. The van der Waals surface area contributed by atoms with Gasteiger partial charge in [-0.2, -0.15) is 23.5 Å².